The van der Waals surface area contributed by atoms with Crippen molar-refractivity contribution in [2.75, 3.05) is 12.8 Å². The summed E-state index contributed by atoms with van der Waals surface area (Å²) < 4.78 is 22.6. The molecule has 20 heavy (non-hydrogen) atoms. The molecule has 1 rings (SSSR count). The number of rotatable bonds is 5. The first-order valence-electron chi connectivity index (χ1n) is 6.14. The monoisotopic (exact) mass is 298 g/mol. The van der Waals surface area contributed by atoms with Crippen molar-refractivity contribution in [3.05, 3.63) is 29.8 Å². The van der Waals surface area contributed by atoms with E-state index in [-0.39, 0.29) is 10.8 Å². The quantitative estimate of drug-likeness (QED) is 0.820. The molecule has 0 heterocycles. The van der Waals surface area contributed by atoms with Crippen LogP contribution in [0, 0.1) is 0 Å². The summed E-state index contributed by atoms with van der Waals surface area (Å²) in [6.45, 7) is 3.85. The maximum Gasteiger partial charge on any atom is 0.251 e. The first-order valence-corrected chi connectivity index (χ1v) is 8.03. The Balaban J connectivity index is 2.76. The van der Waals surface area contributed by atoms with Crippen molar-refractivity contribution >= 4 is 21.7 Å². The highest BCUT2D eigenvalue weighted by Crippen LogP contribution is 2.10. The van der Waals surface area contributed by atoms with E-state index in [1.165, 1.54) is 24.3 Å². The molecule has 1 aromatic carbocycles. The Labute approximate surface area is 118 Å². The molecule has 0 bridgehead atoms. The highest BCUT2D eigenvalue weighted by Gasteiger charge is 2.16. The average molecular weight is 298 g/mol. The van der Waals surface area contributed by atoms with Crippen LogP contribution in [0.15, 0.2) is 29.2 Å². The van der Waals surface area contributed by atoms with Crippen LogP contribution < -0.4 is 10.6 Å². The Bertz CT molecular complexity index is 593. The largest absolute Gasteiger partial charge is 0.355 e. The number of hydrogen-bond donors (Lipinski definition) is 2. The van der Waals surface area contributed by atoms with Gasteiger partial charge in [-0.05, 0) is 38.1 Å². The zero-order valence-corrected chi connectivity index (χ0v) is 12.5. The molecule has 1 aromatic rings. The summed E-state index contributed by atoms with van der Waals surface area (Å²) in [6.07, 6.45) is 1.10. The fourth-order valence-corrected chi connectivity index (χ4v) is 2.16. The van der Waals surface area contributed by atoms with Crippen molar-refractivity contribution in [1.29, 1.82) is 0 Å². The van der Waals surface area contributed by atoms with Gasteiger partial charge in [-0.15, -0.1) is 0 Å². The third kappa shape index (κ3) is 4.34. The molecule has 1 atom stereocenters. The van der Waals surface area contributed by atoms with Crippen molar-refractivity contribution in [3.63, 3.8) is 0 Å². The highest BCUT2D eigenvalue weighted by molar-refractivity contribution is 7.90. The zero-order valence-electron chi connectivity index (χ0n) is 11.6. The van der Waals surface area contributed by atoms with Gasteiger partial charge in [-0.25, -0.2) is 8.42 Å². The van der Waals surface area contributed by atoms with E-state index in [9.17, 15) is 18.0 Å². The minimum Gasteiger partial charge on any atom is -0.355 e. The molecule has 0 saturated heterocycles. The van der Waals surface area contributed by atoms with Gasteiger partial charge in [0.1, 0.15) is 6.04 Å². The van der Waals surface area contributed by atoms with Gasteiger partial charge in [0.2, 0.25) is 5.91 Å². The Morgan fingerprint density at radius 2 is 1.75 bits per heavy atom. The first-order chi connectivity index (χ1) is 9.25. The second-order valence-electron chi connectivity index (χ2n) is 4.39. The molecule has 7 heteroatoms. The molecule has 2 amide bonds. The maximum absolute atomic E-state index is 11.9. The van der Waals surface area contributed by atoms with Crippen molar-refractivity contribution in [3.8, 4) is 0 Å². The Morgan fingerprint density at radius 1 is 1.20 bits per heavy atom. The van der Waals surface area contributed by atoms with Crippen LogP contribution in [0.5, 0.6) is 0 Å². The normalized spacial score (nSPS) is 12.6. The summed E-state index contributed by atoms with van der Waals surface area (Å²) in [5.41, 5.74) is 0.300. The van der Waals surface area contributed by atoms with Gasteiger partial charge in [-0.3, -0.25) is 9.59 Å². The zero-order chi connectivity index (χ0) is 15.3. The molecule has 2 N–H and O–H groups in total. The Morgan fingerprint density at radius 3 is 2.20 bits per heavy atom. The molecule has 0 unspecified atom stereocenters. The van der Waals surface area contributed by atoms with E-state index < -0.39 is 21.8 Å². The van der Waals surface area contributed by atoms with Crippen LogP contribution in [0.3, 0.4) is 0 Å². The maximum atomic E-state index is 11.9. The van der Waals surface area contributed by atoms with E-state index in [1.54, 1.807) is 13.8 Å². The van der Waals surface area contributed by atoms with Gasteiger partial charge in [0.15, 0.2) is 9.84 Å². The number of carbonyl (C=O) groups is 2. The number of benzene rings is 1. The molecule has 0 radical (unpaired) electrons. The molecule has 0 aliphatic heterocycles. The number of nitrogens with one attached hydrogen (secondary N) is 2. The van der Waals surface area contributed by atoms with Crippen LogP contribution in [-0.2, 0) is 14.6 Å². The van der Waals surface area contributed by atoms with Crippen molar-refractivity contribution in [2.45, 2.75) is 24.8 Å². The van der Waals surface area contributed by atoms with E-state index in [4.69, 9.17) is 0 Å². The summed E-state index contributed by atoms with van der Waals surface area (Å²) in [5, 5.41) is 5.14. The summed E-state index contributed by atoms with van der Waals surface area (Å²) in [6, 6.07) is 4.89. The minimum atomic E-state index is -3.28. The summed E-state index contributed by atoms with van der Waals surface area (Å²) in [5.74, 6) is -0.697. The Hall–Kier alpha value is -1.89. The predicted molar refractivity (Wildman–Crippen MR) is 75.2 cm³/mol. The SMILES string of the molecule is CCNC(=O)[C@@H](C)NC(=O)c1ccc(S(C)(=O)=O)cc1. The van der Waals surface area contributed by atoms with E-state index in [0.29, 0.717) is 12.1 Å². The smallest absolute Gasteiger partial charge is 0.251 e. The van der Waals surface area contributed by atoms with E-state index in [1.807, 2.05) is 0 Å². The standard InChI is InChI=1S/C13H18N2O4S/c1-4-14-12(16)9(2)15-13(17)10-5-7-11(8-6-10)20(3,18)19/h5-9H,4H2,1-3H3,(H,14,16)(H,15,17)/t9-/m1/s1. The third-order valence-corrected chi connectivity index (χ3v) is 3.77. The topological polar surface area (TPSA) is 92.3 Å². The Kier molecular flexibility index (Phi) is 5.26. The molecule has 0 aromatic heterocycles. The average Bonchev–Trinajstić information content (AvgIpc) is 2.38. The van der Waals surface area contributed by atoms with Gasteiger partial charge in [0, 0.05) is 18.4 Å². The molecule has 0 aliphatic carbocycles. The van der Waals surface area contributed by atoms with Crippen LogP contribution in [-0.4, -0.2) is 39.1 Å². The molecule has 0 spiro atoms. The highest BCUT2D eigenvalue weighted by atomic mass is 32.2. The third-order valence-electron chi connectivity index (χ3n) is 2.64. The van der Waals surface area contributed by atoms with Gasteiger partial charge in [0.05, 0.1) is 4.90 Å². The van der Waals surface area contributed by atoms with Gasteiger partial charge in [-0.2, -0.15) is 0 Å². The number of hydrogen-bond acceptors (Lipinski definition) is 4. The first kappa shape index (κ1) is 16.2. The van der Waals surface area contributed by atoms with Crippen LogP contribution in [0.4, 0.5) is 0 Å². The molecule has 6 nitrogen and oxygen atoms in total. The number of amides is 2. The lowest BCUT2D eigenvalue weighted by atomic mass is 10.2. The van der Waals surface area contributed by atoms with Gasteiger partial charge in [0.25, 0.3) is 5.91 Å². The lowest BCUT2D eigenvalue weighted by Crippen LogP contribution is -2.44. The summed E-state index contributed by atoms with van der Waals surface area (Å²) in [4.78, 5) is 23.5. The fourth-order valence-electron chi connectivity index (χ4n) is 1.53. The number of carbonyl (C=O) groups excluding carboxylic acids is 2. The molecule has 110 valence electrons. The van der Waals surface area contributed by atoms with Crippen molar-refractivity contribution in [1.82, 2.24) is 10.6 Å². The molecular weight excluding hydrogens is 280 g/mol. The van der Waals surface area contributed by atoms with Crippen LogP contribution in [0.25, 0.3) is 0 Å². The molecule has 0 saturated carbocycles. The molecule has 0 fully saturated rings. The van der Waals surface area contributed by atoms with Crippen molar-refractivity contribution in [2.24, 2.45) is 0 Å². The number of likely N-dealkylation sites (N-methyl/N-ethyl adjacent to an activating group) is 1. The second-order valence-corrected chi connectivity index (χ2v) is 6.40. The fraction of sp³-hybridized carbons (Fsp3) is 0.385. The lowest BCUT2D eigenvalue weighted by Gasteiger charge is -2.13. The van der Waals surface area contributed by atoms with E-state index >= 15 is 0 Å². The molecule has 0 aliphatic rings. The lowest BCUT2D eigenvalue weighted by molar-refractivity contribution is -0.122. The van der Waals surface area contributed by atoms with Gasteiger partial charge >= 0.3 is 0 Å². The predicted octanol–water partition coefficient (Wildman–Crippen LogP) is 0.345. The van der Waals surface area contributed by atoms with Crippen LogP contribution >= 0.6 is 0 Å². The summed E-state index contributed by atoms with van der Waals surface area (Å²) >= 11 is 0. The van der Waals surface area contributed by atoms with Gasteiger partial charge < -0.3 is 10.6 Å². The van der Waals surface area contributed by atoms with Gasteiger partial charge in [-0.1, -0.05) is 0 Å². The van der Waals surface area contributed by atoms with Crippen LogP contribution in [0.1, 0.15) is 24.2 Å². The van der Waals surface area contributed by atoms with E-state index in [0.717, 1.165) is 6.26 Å². The summed E-state index contributed by atoms with van der Waals surface area (Å²) in [7, 11) is -3.28. The van der Waals surface area contributed by atoms with Crippen LogP contribution in [0.2, 0.25) is 0 Å². The molecular formula is C13H18N2O4S. The second kappa shape index (κ2) is 6.51. The number of sulfone groups is 1. The minimum absolute atomic E-state index is 0.144. The van der Waals surface area contributed by atoms with E-state index in [2.05, 4.69) is 10.6 Å². The van der Waals surface area contributed by atoms with Crippen molar-refractivity contribution < 1.29 is 18.0 Å².